The summed E-state index contributed by atoms with van der Waals surface area (Å²) in [5.41, 5.74) is 1.29. The van der Waals surface area contributed by atoms with Crippen molar-refractivity contribution in [3.63, 3.8) is 0 Å². The minimum atomic E-state index is 0.373. The van der Waals surface area contributed by atoms with E-state index >= 15 is 0 Å². The third-order valence-corrected chi connectivity index (χ3v) is 3.56. The first-order valence-electron chi connectivity index (χ1n) is 6.78. The van der Waals surface area contributed by atoms with Gasteiger partial charge < -0.3 is 14.8 Å². The van der Waals surface area contributed by atoms with Gasteiger partial charge in [-0.15, -0.1) is 0 Å². The Labute approximate surface area is 109 Å². The van der Waals surface area contributed by atoms with Crippen molar-refractivity contribution in [2.24, 2.45) is 0 Å². The molecule has 1 heterocycles. The van der Waals surface area contributed by atoms with Crippen molar-refractivity contribution in [1.82, 2.24) is 5.32 Å². The van der Waals surface area contributed by atoms with Gasteiger partial charge in [0.05, 0.1) is 13.2 Å². The van der Waals surface area contributed by atoms with Gasteiger partial charge in [-0.3, -0.25) is 0 Å². The minimum absolute atomic E-state index is 0.373. The van der Waals surface area contributed by atoms with Gasteiger partial charge in [0, 0.05) is 12.6 Å². The summed E-state index contributed by atoms with van der Waals surface area (Å²) in [4.78, 5) is 0. The molecule has 0 spiro atoms. The van der Waals surface area contributed by atoms with E-state index in [0.717, 1.165) is 25.3 Å². The molecular weight excluding hydrogens is 226 g/mol. The lowest BCUT2D eigenvalue weighted by Crippen LogP contribution is -2.23. The molecule has 0 amide bonds. The largest absolute Gasteiger partial charge is 0.497 e. The molecule has 0 bridgehead atoms. The van der Waals surface area contributed by atoms with E-state index in [1.54, 1.807) is 7.11 Å². The topological polar surface area (TPSA) is 30.5 Å². The number of hydrogen-bond donors (Lipinski definition) is 1. The molecule has 0 saturated carbocycles. The Morgan fingerprint density at radius 3 is 2.78 bits per heavy atom. The lowest BCUT2D eigenvalue weighted by atomic mass is 10.1. The standard InChI is InChI=1S/C15H23NO2/c1-12(13-5-7-14(17-2)8-6-13)16-10-9-15-4-3-11-18-15/h5-8,12,15-16H,3-4,9-11H2,1-2H3/t12-,15?/m0/s1. The third-order valence-electron chi connectivity index (χ3n) is 3.56. The summed E-state index contributed by atoms with van der Waals surface area (Å²) in [5, 5.41) is 3.54. The Bertz CT molecular complexity index is 344. The molecular formula is C15H23NO2. The van der Waals surface area contributed by atoms with Gasteiger partial charge in [-0.25, -0.2) is 0 Å². The molecule has 3 nitrogen and oxygen atoms in total. The zero-order chi connectivity index (χ0) is 12.8. The van der Waals surface area contributed by atoms with Gasteiger partial charge in [-0.05, 0) is 50.4 Å². The van der Waals surface area contributed by atoms with Gasteiger partial charge in [-0.1, -0.05) is 12.1 Å². The van der Waals surface area contributed by atoms with Gasteiger partial charge in [-0.2, -0.15) is 0 Å². The first-order valence-corrected chi connectivity index (χ1v) is 6.78. The highest BCUT2D eigenvalue weighted by atomic mass is 16.5. The highest BCUT2D eigenvalue weighted by molar-refractivity contribution is 5.28. The Morgan fingerprint density at radius 2 is 2.17 bits per heavy atom. The maximum absolute atomic E-state index is 5.61. The number of ether oxygens (including phenoxy) is 2. The predicted molar refractivity (Wildman–Crippen MR) is 73.0 cm³/mol. The van der Waals surface area contributed by atoms with Crippen molar-refractivity contribution in [2.45, 2.75) is 38.3 Å². The van der Waals surface area contributed by atoms with Gasteiger partial charge in [0.1, 0.15) is 5.75 Å². The molecule has 1 aliphatic heterocycles. The van der Waals surface area contributed by atoms with Crippen LogP contribution in [0.5, 0.6) is 5.75 Å². The van der Waals surface area contributed by atoms with Crippen LogP contribution in [0.15, 0.2) is 24.3 Å². The van der Waals surface area contributed by atoms with Gasteiger partial charge in [0.2, 0.25) is 0 Å². The van der Waals surface area contributed by atoms with Crippen LogP contribution in [0.2, 0.25) is 0 Å². The first-order chi connectivity index (χ1) is 8.79. The number of methoxy groups -OCH3 is 1. The molecule has 2 rings (SSSR count). The fourth-order valence-corrected chi connectivity index (χ4v) is 2.34. The molecule has 0 radical (unpaired) electrons. The van der Waals surface area contributed by atoms with E-state index in [1.807, 2.05) is 12.1 Å². The third kappa shape index (κ3) is 3.72. The summed E-state index contributed by atoms with van der Waals surface area (Å²) in [6.07, 6.45) is 4.03. The molecule has 1 aromatic carbocycles. The van der Waals surface area contributed by atoms with E-state index in [-0.39, 0.29) is 0 Å². The van der Waals surface area contributed by atoms with E-state index in [2.05, 4.69) is 24.4 Å². The molecule has 0 aliphatic carbocycles. The van der Waals surface area contributed by atoms with Crippen LogP contribution in [0.3, 0.4) is 0 Å². The van der Waals surface area contributed by atoms with Crippen molar-refractivity contribution < 1.29 is 9.47 Å². The second-order valence-corrected chi connectivity index (χ2v) is 4.87. The molecule has 100 valence electrons. The van der Waals surface area contributed by atoms with E-state index in [1.165, 1.54) is 18.4 Å². The Balaban J connectivity index is 1.74. The van der Waals surface area contributed by atoms with Crippen molar-refractivity contribution in [3.05, 3.63) is 29.8 Å². The smallest absolute Gasteiger partial charge is 0.118 e. The summed E-state index contributed by atoms with van der Waals surface area (Å²) in [6, 6.07) is 8.61. The molecule has 1 saturated heterocycles. The van der Waals surface area contributed by atoms with Crippen LogP contribution in [0, 0.1) is 0 Å². The van der Waals surface area contributed by atoms with Gasteiger partial charge >= 0.3 is 0 Å². The van der Waals surface area contributed by atoms with Crippen molar-refractivity contribution in [3.8, 4) is 5.75 Å². The molecule has 1 unspecified atom stereocenters. The van der Waals surface area contributed by atoms with E-state index < -0.39 is 0 Å². The van der Waals surface area contributed by atoms with Crippen molar-refractivity contribution in [2.75, 3.05) is 20.3 Å². The fourth-order valence-electron chi connectivity index (χ4n) is 2.34. The normalized spacial score (nSPS) is 20.9. The summed E-state index contributed by atoms with van der Waals surface area (Å²) in [5.74, 6) is 0.908. The molecule has 2 atom stereocenters. The van der Waals surface area contributed by atoms with Gasteiger partial charge in [0.15, 0.2) is 0 Å². The van der Waals surface area contributed by atoms with Crippen molar-refractivity contribution in [1.29, 1.82) is 0 Å². The molecule has 1 aliphatic rings. The first kappa shape index (κ1) is 13.4. The van der Waals surface area contributed by atoms with Crippen LogP contribution < -0.4 is 10.1 Å². The van der Waals surface area contributed by atoms with E-state index in [4.69, 9.17) is 9.47 Å². The number of hydrogen-bond acceptors (Lipinski definition) is 3. The fraction of sp³-hybridized carbons (Fsp3) is 0.600. The summed E-state index contributed by atoms with van der Waals surface area (Å²) in [7, 11) is 1.69. The molecule has 18 heavy (non-hydrogen) atoms. The molecule has 3 heteroatoms. The molecule has 1 N–H and O–H groups in total. The highest BCUT2D eigenvalue weighted by Gasteiger charge is 2.15. The monoisotopic (exact) mass is 249 g/mol. The van der Waals surface area contributed by atoms with Crippen molar-refractivity contribution >= 4 is 0 Å². The second-order valence-electron chi connectivity index (χ2n) is 4.87. The van der Waals surface area contributed by atoms with Crippen LogP contribution in [0.25, 0.3) is 0 Å². The summed E-state index contributed by atoms with van der Waals surface area (Å²) < 4.78 is 10.8. The minimum Gasteiger partial charge on any atom is -0.497 e. The quantitative estimate of drug-likeness (QED) is 0.841. The second kappa shape index (κ2) is 6.76. The average Bonchev–Trinajstić information content (AvgIpc) is 2.92. The Hall–Kier alpha value is -1.06. The van der Waals surface area contributed by atoms with E-state index in [9.17, 15) is 0 Å². The van der Waals surface area contributed by atoms with Gasteiger partial charge in [0.25, 0.3) is 0 Å². The zero-order valence-corrected chi connectivity index (χ0v) is 11.3. The SMILES string of the molecule is COc1ccc([C@H](C)NCCC2CCCO2)cc1. The number of rotatable bonds is 6. The molecule has 0 aromatic heterocycles. The lowest BCUT2D eigenvalue weighted by Gasteiger charge is -2.16. The Kier molecular flexibility index (Phi) is 5.02. The Morgan fingerprint density at radius 1 is 1.39 bits per heavy atom. The summed E-state index contributed by atoms with van der Waals surface area (Å²) in [6.45, 7) is 4.15. The lowest BCUT2D eigenvalue weighted by molar-refractivity contribution is 0.103. The highest BCUT2D eigenvalue weighted by Crippen LogP contribution is 2.18. The van der Waals surface area contributed by atoms with Crippen LogP contribution in [0.1, 0.15) is 37.8 Å². The van der Waals surface area contributed by atoms with Crippen LogP contribution >= 0.6 is 0 Å². The number of benzene rings is 1. The van der Waals surface area contributed by atoms with Crippen LogP contribution in [0.4, 0.5) is 0 Å². The van der Waals surface area contributed by atoms with Crippen LogP contribution in [-0.4, -0.2) is 26.4 Å². The average molecular weight is 249 g/mol. The molecule has 1 fully saturated rings. The zero-order valence-electron chi connectivity index (χ0n) is 11.3. The molecule has 1 aromatic rings. The van der Waals surface area contributed by atoms with Crippen LogP contribution in [-0.2, 0) is 4.74 Å². The summed E-state index contributed by atoms with van der Waals surface area (Å²) >= 11 is 0. The maximum Gasteiger partial charge on any atom is 0.118 e. The predicted octanol–water partition coefficient (Wildman–Crippen LogP) is 2.91. The maximum atomic E-state index is 5.61. The number of nitrogens with one attached hydrogen (secondary N) is 1. The van der Waals surface area contributed by atoms with E-state index in [0.29, 0.717) is 12.1 Å².